The molecule has 0 saturated heterocycles. The average Bonchev–Trinajstić information content (AvgIpc) is 2.83. The first kappa shape index (κ1) is 11.6. The topological polar surface area (TPSA) is 53.1 Å². The molecule has 2 unspecified atom stereocenters. The first-order chi connectivity index (χ1) is 7.66. The zero-order valence-corrected chi connectivity index (χ0v) is 10.1. The van der Waals surface area contributed by atoms with E-state index in [9.17, 15) is 0 Å². The van der Waals surface area contributed by atoms with Crippen LogP contribution in [0, 0.1) is 0 Å². The van der Waals surface area contributed by atoms with Crippen molar-refractivity contribution in [3.63, 3.8) is 0 Å². The first-order valence-electron chi connectivity index (χ1n) is 6.08. The Morgan fingerprint density at radius 2 is 2.38 bits per heavy atom. The molecule has 0 bridgehead atoms. The van der Waals surface area contributed by atoms with Crippen LogP contribution in [0.3, 0.4) is 0 Å². The SMILES string of the molecule is CC(C)n1ccc(COC2CCCC2N)n1. The number of aromatic nitrogens is 2. The summed E-state index contributed by atoms with van der Waals surface area (Å²) in [7, 11) is 0. The molecule has 1 aromatic heterocycles. The van der Waals surface area contributed by atoms with Crippen LogP contribution in [0.5, 0.6) is 0 Å². The second kappa shape index (κ2) is 4.97. The van der Waals surface area contributed by atoms with E-state index in [-0.39, 0.29) is 12.1 Å². The highest BCUT2D eigenvalue weighted by molar-refractivity contribution is 4.98. The normalized spacial score (nSPS) is 25.5. The summed E-state index contributed by atoms with van der Waals surface area (Å²) in [4.78, 5) is 0. The van der Waals surface area contributed by atoms with Crippen molar-refractivity contribution < 1.29 is 4.74 Å². The lowest BCUT2D eigenvalue weighted by Gasteiger charge is -2.15. The Hall–Kier alpha value is -0.870. The van der Waals surface area contributed by atoms with Crippen molar-refractivity contribution in [2.24, 2.45) is 5.73 Å². The molecule has 1 fully saturated rings. The van der Waals surface area contributed by atoms with Crippen LogP contribution in [0.1, 0.15) is 44.8 Å². The molecule has 2 N–H and O–H groups in total. The van der Waals surface area contributed by atoms with Crippen LogP contribution in [0.4, 0.5) is 0 Å². The van der Waals surface area contributed by atoms with Crippen LogP contribution in [-0.2, 0) is 11.3 Å². The molecule has 1 aliphatic rings. The second-order valence-corrected chi connectivity index (χ2v) is 4.83. The molecule has 1 heterocycles. The lowest BCUT2D eigenvalue weighted by Crippen LogP contribution is -2.31. The Morgan fingerprint density at radius 3 is 2.94 bits per heavy atom. The van der Waals surface area contributed by atoms with Crippen molar-refractivity contribution in [1.82, 2.24) is 9.78 Å². The summed E-state index contributed by atoms with van der Waals surface area (Å²) in [5.74, 6) is 0. The number of rotatable bonds is 4. The lowest BCUT2D eigenvalue weighted by atomic mass is 10.2. The fourth-order valence-corrected chi connectivity index (χ4v) is 2.10. The highest BCUT2D eigenvalue weighted by Gasteiger charge is 2.24. The molecule has 0 aromatic carbocycles. The Kier molecular flexibility index (Phi) is 3.61. The maximum atomic E-state index is 5.95. The Bertz CT molecular complexity index is 335. The number of nitrogens with two attached hydrogens (primary N) is 1. The third-order valence-electron chi connectivity index (χ3n) is 3.14. The van der Waals surface area contributed by atoms with Gasteiger partial charge >= 0.3 is 0 Å². The van der Waals surface area contributed by atoms with Gasteiger partial charge in [0.15, 0.2) is 0 Å². The van der Waals surface area contributed by atoms with Gasteiger partial charge < -0.3 is 10.5 Å². The molecule has 2 atom stereocenters. The molecule has 4 heteroatoms. The summed E-state index contributed by atoms with van der Waals surface area (Å²) >= 11 is 0. The summed E-state index contributed by atoms with van der Waals surface area (Å²) < 4.78 is 7.75. The van der Waals surface area contributed by atoms with Gasteiger partial charge in [-0.1, -0.05) is 0 Å². The molecule has 90 valence electrons. The monoisotopic (exact) mass is 223 g/mol. The largest absolute Gasteiger partial charge is 0.370 e. The van der Waals surface area contributed by atoms with Crippen LogP contribution in [0.25, 0.3) is 0 Å². The van der Waals surface area contributed by atoms with Gasteiger partial charge in [-0.25, -0.2) is 0 Å². The second-order valence-electron chi connectivity index (χ2n) is 4.83. The van der Waals surface area contributed by atoms with Gasteiger partial charge in [-0.2, -0.15) is 5.10 Å². The molecule has 0 spiro atoms. The lowest BCUT2D eigenvalue weighted by molar-refractivity contribution is 0.0336. The maximum Gasteiger partial charge on any atom is 0.0911 e. The van der Waals surface area contributed by atoms with Crippen molar-refractivity contribution in [3.05, 3.63) is 18.0 Å². The number of ether oxygens (including phenoxy) is 1. The van der Waals surface area contributed by atoms with E-state index < -0.39 is 0 Å². The van der Waals surface area contributed by atoms with Crippen LogP contribution >= 0.6 is 0 Å². The quantitative estimate of drug-likeness (QED) is 0.847. The van der Waals surface area contributed by atoms with E-state index in [0.717, 1.165) is 18.5 Å². The van der Waals surface area contributed by atoms with Gasteiger partial charge in [0.1, 0.15) is 0 Å². The van der Waals surface area contributed by atoms with Crippen LogP contribution in [-0.4, -0.2) is 21.9 Å². The minimum absolute atomic E-state index is 0.215. The van der Waals surface area contributed by atoms with Crippen molar-refractivity contribution in [1.29, 1.82) is 0 Å². The molecular formula is C12H21N3O. The number of hydrogen-bond donors (Lipinski definition) is 1. The molecule has 0 radical (unpaired) electrons. The van der Waals surface area contributed by atoms with E-state index in [1.54, 1.807) is 0 Å². The van der Waals surface area contributed by atoms with Gasteiger partial charge in [0.05, 0.1) is 18.4 Å². The summed E-state index contributed by atoms with van der Waals surface area (Å²) in [6.07, 6.45) is 5.59. The van der Waals surface area contributed by atoms with Gasteiger partial charge in [-0.3, -0.25) is 4.68 Å². The molecular weight excluding hydrogens is 202 g/mol. The molecule has 1 aromatic rings. The number of nitrogens with zero attached hydrogens (tertiary/aromatic N) is 2. The Morgan fingerprint density at radius 1 is 1.56 bits per heavy atom. The van der Waals surface area contributed by atoms with E-state index >= 15 is 0 Å². The van der Waals surface area contributed by atoms with E-state index in [4.69, 9.17) is 10.5 Å². The summed E-state index contributed by atoms with van der Waals surface area (Å²) in [6.45, 7) is 4.81. The van der Waals surface area contributed by atoms with Gasteiger partial charge in [-0.05, 0) is 39.2 Å². The predicted molar refractivity (Wildman–Crippen MR) is 63.0 cm³/mol. The third kappa shape index (κ3) is 2.62. The summed E-state index contributed by atoms with van der Waals surface area (Å²) in [6, 6.07) is 2.63. The van der Waals surface area contributed by atoms with Gasteiger partial charge in [-0.15, -0.1) is 0 Å². The average molecular weight is 223 g/mol. The zero-order valence-electron chi connectivity index (χ0n) is 10.1. The van der Waals surface area contributed by atoms with Crippen LogP contribution in [0.2, 0.25) is 0 Å². The minimum Gasteiger partial charge on any atom is -0.370 e. The molecule has 2 rings (SSSR count). The predicted octanol–water partition coefficient (Wildman–Crippen LogP) is 1.86. The molecule has 1 aliphatic carbocycles. The highest BCUT2D eigenvalue weighted by Crippen LogP contribution is 2.21. The smallest absolute Gasteiger partial charge is 0.0911 e. The van der Waals surface area contributed by atoms with Crippen molar-refractivity contribution in [3.8, 4) is 0 Å². The van der Waals surface area contributed by atoms with Crippen molar-refractivity contribution >= 4 is 0 Å². The summed E-state index contributed by atoms with van der Waals surface area (Å²) in [5.41, 5.74) is 6.94. The van der Waals surface area contributed by atoms with Crippen molar-refractivity contribution in [2.45, 2.75) is 57.9 Å². The van der Waals surface area contributed by atoms with Crippen LogP contribution in [0.15, 0.2) is 12.3 Å². The zero-order chi connectivity index (χ0) is 11.5. The van der Waals surface area contributed by atoms with E-state index in [1.165, 1.54) is 6.42 Å². The highest BCUT2D eigenvalue weighted by atomic mass is 16.5. The number of hydrogen-bond acceptors (Lipinski definition) is 3. The Labute approximate surface area is 96.8 Å². The molecule has 1 saturated carbocycles. The standard InChI is InChI=1S/C12H21N3O/c1-9(2)15-7-6-10(14-15)8-16-12-5-3-4-11(12)13/h6-7,9,11-12H,3-5,8,13H2,1-2H3. The summed E-state index contributed by atoms with van der Waals surface area (Å²) in [5, 5.41) is 4.45. The first-order valence-corrected chi connectivity index (χ1v) is 6.08. The minimum atomic E-state index is 0.215. The molecule has 0 amide bonds. The third-order valence-corrected chi connectivity index (χ3v) is 3.14. The molecule has 0 aliphatic heterocycles. The van der Waals surface area contributed by atoms with Gasteiger partial charge in [0, 0.05) is 18.3 Å². The Balaban J connectivity index is 1.84. The van der Waals surface area contributed by atoms with Gasteiger partial charge in [0.25, 0.3) is 0 Å². The van der Waals surface area contributed by atoms with Crippen LogP contribution < -0.4 is 5.73 Å². The maximum absolute atomic E-state index is 5.95. The molecule has 16 heavy (non-hydrogen) atoms. The van der Waals surface area contributed by atoms with E-state index in [1.807, 2.05) is 16.9 Å². The molecule has 4 nitrogen and oxygen atoms in total. The van der Waals surface area contributed by atoms with E-state index in [2.05, 4.69) is 18.9 Å². The van der Waals surface area contributed by atoms with Gasteiger partial charge in [0.2, 0.25) is 0 Å². The van der Waals surface area contributed by atoms with Crippen molar-refractivity contribution in [2.75, 3.05) is 0 Å². The van der Waals surface area contributed by atoms with E-state index in [0.29, 0.717) is 12.6 Å². The fraction of sp³-hybridized carbons (Fsp3) is 0.750. The fourth-order valence-electron chi connectivity index (χ4n) is 2.10.